The first-order chi connectivity index (χ1) is 8.93. The molecule has 0 unspecified atom stereocenters. The van der Waals surface area contributed by atoms with Crippen molar-refractivity contribution in [3.8, 4) is 0 Å². The van der Waals surface area contributed by atoms with E-state index in [0.717, 1.165) is 0 Å². The van der Waals surface area contributed by atoms with Crippen LogP contribution in [0, 0.1) is 0 Å². The lowest BCUT2D eigenvalue weighted by Crippen LogP contribution is -2.47. The largest absolute Gasteiger partial charge is 0.312 e. The van der Waals surface area contributed by atoms with Crippen LogP contribution in [0.3, 0.4) is 0 Å². The van der Waals surface area contributed by atoms with Gasteiger partial charge in [-0.25, -0.2) is 0 Å². The van der Waals surface area contributed by atoms with Crippen molar-refractivity contribution in [2.45, 2.75) is 37.6 Å². The molecule has 19 heavy (non-hydrogen) atoms. The van der Waals surface area contributed by atoms with E-state index < -0.39 is 0 Å². The van der Waals surface area contributed by atoms with Crippen LogP contribution in [0.2, 0.25) is 0 Å². The third-order valence-electron chi connectivity index (χ3n) is 4.47. The molecule has 0 aliphatic carbocycles. The van der Waals surface area contributed by atoms with Gasteiger partial charge < -0.3 is 10.2 Å². The normalized spacial score (nSPS) is 28.0. The van der Waals surface area contributed by atoms with Crippen LogP contribution in [0.4, 0.5) is 0 Å². The van der Waals surface area contributed by atoms with Crippen molar-refractivity contribution in [1.29, 1.82) is 0 Å². The van der Waals surface area contributed by atoms with Gasteiger partial charge >= 0.3 is 0 Å². The Labute approximate surface area is 123 Å². The summed E-state index contributed by atoms with van der Waals surface area (Å²) in [6.07, 6.45) is 5.44. The molecule has 2 fully saturated rings. The summed E-state index contributed by atoms with van der Waals surface area (Å²) < 4.78 is 0. The van der Waals surface area contributed by atoms with Crippen LogP contribution in [0.15, 0.2) is 30.3 Å². The molecule has 0 aromatic heterocycles. The third kappa shape index (κ3) is 3.71. The number of piperidine rings is 1. The minimum Gasteiger partial charge on any atom is -0.312 e. The van der Waals surface area contributed by atoms with Crippen molar-refractivity contribution >= 4 is 12.4 Å². The van der Waals surface area contributed by atoms with Gasteiger partial charge in [-0.2, -0.15) is 0 Å². The van der Waals surface area contributed by atoms with Crippen molar-refractivity contribution in [2.24, 2.45) is 0 Å². The number of hydrogen-bond acceptors (Lipinski definition) is 2. The Morgan fingerprint density at radius 2 is 1.79 bits per heavy atom. The molecule has 0 bridgehead atoms. The lowest BCUT2D eigenvalue weighted by atomic mass is 9.84. The summed E-state index contributed by atoms with van der Waals surface area (Å²) in [6.45, 7) is 5.04. The van der Waals surface area contributed by atoms with Gasteiger partial charge in [0, 0.05) is 18.5 Å². The molecule has 1 aromatic carbocycles. The zero-order chi connectivity index (χ0) is 12.2. The van der Waals surface area contributed by atoms with Crippen LogP contribution in [0.25, 0.3) is 0 Å². The highest BCUT2D eigenvalue weighted by Crippen LogP contribution is 2.28. The number of halogens is 1. The van der Waals surface area contributed by atoms with E-state index in [1.54, 1.807) is 0 Å². The maximum absolute atomic E-state index is 3.75. The van der Waals surface area contributed by atoms with Crippen LogP contribution in [0.5, 0.6) is 0 Å². The molecule has 2 nitrogen and oxygen atoms in total. The van der Waals surface area contributed by atoms with E-state index in [9.17, 15) is 0 Å². The number of rotatable bonds is 3. The molecule has 2 atom stereocenters. The summed E-state index contributed by atoms with van der Waals surface area (Å²) in [5.74, 6) is 0.709. The molecule has 0 saturated carbocycles. The van der Waals surface area contributed by atoms with Gasteiger partial charge in [-0.05, 0) is 50.9 Å². The average Bonchev–Trinajstić information content (AvgIpc) is 2.93. The van der Waals surface area contributed by atoms with Gasteiger partial charge in [0.15, 0.2) is 0 Å². The van der Waals surface area contributed by atoms with E-state index in [1.165, 1.54) is 57.4 Å². The van der Waals surface area contributed by atoms with Crippen LogP contribution < -0.4 is 5.32 Å². The quantitative estimate of drug-likeness (QED) is 0.916. The summed E-state index contributed by atoms with van der Waals surface area (Å²) in [5, 5.41) is 3.75. The van der Waals surface area contributed by atoms with Gasteiger partial charge in [-0.3, -0.25) is 0 Å². The predicted octanol–water partition coefficient (Wildman–Crippen LogP) is 3.04. The van der Waals surface area contributed by atoms with Gasteiger partial charge in [-0.1, -0.05) is 30.3 Å². The van der Waals surface area contributed by atoms with E-state index >= 15 is 0 Å². The molecule has 3 rings (SSSR count). The fourth-order valence-corrected chi connectivity index (χ4v) is 3.49. The Balaban J connectivity index is 0.00000133. The fraction of sp³-hybridized carbons (Fsp3) is 0.625. The first kappa shape index (κ1) is 14.8. The molecule has 2 heterocycles. The molecule has 2 aliphatic heterocycles. The van der Waals surface area contributed by atoms with E-state index in [2.05, 4.69) is 40.5 Å². The minimum absolute atomic E-state index is 0. The Morgan fingerprint density at radius 3 is 2.53 bits per heavy atom. The molecule has 0 radical (unpaired) electrons. The average molecular weight is 281 g/mol. The molecule has 2 aliphatic rings. The molecule has 1 aromatic rings. The van der Waals surface area contributed by atoms with Gasteiger partial charge in [0.2, 0.25) is 0 Å². The van der Waals surface area contributed by atoms with Gasteiger partial charge in [0.05, 0.1) is 0 Å². The first-order valence-electron chi connectivity index (χ1n) is 7.44. The minimum atomic E-state index is 0. The van der Waals surface area contributed by atoms with Crippen LogP contribution >= 0.6 is 12.4 Å². The third-order valence-corrected chi connectivity index (χ3v) is 4.47. The second kappa shape index (κ2) is 7.28. The number of hydrogen-bond donors (Lipinski definition) is 1. The number of likely N-dealkylation sites (tertiary alicyclic amines) is 1. The predicted molar refractivity (Wildman–Crippen MR) is 83.1 cm³/mol. The molecule has 2 saturated heterocycles. The summed E-state index contributed by atoms with van der Waals surface area (Å²) in [6, 6.07) is 11.7. The Hall–Kier alpha value is -0.570. The van der Waals surface area contributed by atoms with Gasteiger partial charge in [-0.15, -0.1) is 12.4 Å². The lowest BCUT2D eigenvalue weighted by molar-refractivity contribution is 0.242. The van der Waals surface area contributed by atoms with E-state index in [0.29, 0.717) is 12.0 Å². The van der Waals surface area contributed by atoms with Crippen LogP contribution in [-0.2, 0) is 0 Å². The van der Waals surface area contributed by atoms with E-state index in [4.69, 9.17) is 0 Å². The summed E-state index contributed by atoms with van der Waals surface area (Å²) in [4.78, 5) is 2.64. The maximum atomic E-state index is 3.75. The lowest BCUT2D eigenvalue weighted by Gasteiger charge is -2.35. The molecular formula is C16H25ClN2. The highest BCUT2D eigenvalue weighted by molar-refractivity contribution is 5.85. The Kier molecular flexibility index (Phi) is 5.68. The van der Waals surface area contributed by atoms with Crippen molar-refractivity contribution < 1.29 is 0 Å². The van der Waals surface area contributed by atoms with Gasteiger partial charge in [0.1, 0.15) is 0 Å². The zero-order valence-corrected chi connectivity index (χ0v) is 12.4. The van der Waals surface area contributed by atoms with E-state index in [1.807, 2.05) is 0 Å². The highest BCUT2D eigenvalue weighted by Gasteiger charge is 2.28. The molecule has 0 spiro atoms. The first-order valence-corrected chi connectivity index (χ1v) is 7.44. The monoisotopic (exact) mass is 280 g/mol. The number of nitrogens with zero attached hydrogens (tertiary/aromatic N) is 1. The zero-order valence-electron chi connectivity index (χ0n) is 11.6. The SMILES string of the molecule is Cl.c1ccc([C@H]2CCCN[C@@H]2CN2CCCC2)cc1. The summed E-state index contributed by atoms with van der Waals surface area (Å²) >= 11 is 0. The summed E-state index contributed by atoms with van der Waals surface area (Å²) in [7, 11) is 0. The van der Waals surface area contributed by atoms with Gasteiger partial charge in [0.25, 0.3) is 0 Å². The Morgan fingerprint density at radius 1 is 1.05 bits per heavy atom. The maximum Gasteiger partial charge on any atom is 0.0263 e. The summed E-state index contributed by atoms with van der Waals surface area (Å²) in [5.41, 5.74) is 1.52. The number of nitrogens with one attached hydrogen (secondary N) is 1. The molecule has 1 N–H and O–H groups in total. The van der Waals surface area contributed by atoms with Crippen LogP contribution in [-0.4, -0.2) is 37.1 Å². The van der Waals surface area contributed by atoms with Crippen molar-refractivity contribution in [2.75, 3.05) is 26.2 Å². The van der Waals surface area contributed by atoms with Crippen molar-refractivity contribution in [1.82, 2.24) is 10.2 Å². The fourth-order valence-electron chi connectivity index (χ4n) is 3.49. The molecule has 3 heteroatoms. The number of benzene rings is 1. The molecule has 106 valence electrons. The second-order valence-electron chi connectivity index (χ2n) is 5.73. The smallest absolute Gasteiger partial charge is 0.0263 e. The standard InChI is InChI=1S/C16H24N2.ClH/c1-2-7-14(8-3-1)15-9-6-10-17-16(15)13-18-11-4-5-12-18;/h1-3,7-8,15-17H,4-6,9-13H2;1H/t15-,16-;/m1./s1. The highest BCUT2D eigenvalue weighted by atomic mass is 35.5. The van der Waals surface area contributed by atoms with Crippen LogP contribution in [0.1, 0.15) is 37.2 Å². The van der Waals surface area contributed by atoms with E-state index in [-0.39, 0.29) is 12.4 Å². The molecular weight excluding hydrogens is 256 g/mol. The molecule has 0 amide bonds. The topological polar surface area (TPSA) is 15.3 Å². The second-order valence-corrected chi connectivity index (χ2v) is 5.73. The van der Waals surface area contributed by atoms with Crippen molar-refractivity contribution in [3.05, 3.63) is 35.9 Å². The van der Waals surface area contributed by atoms with Crippen molar-refractivity contribution in [3.63, 3.8) is 0 Å². The Bertz CT molecular complexity index is 362.